The molecule has 0 aliphatic heterocycles. The molecule has 5 nitrogen and oxygen atoms in total. The van der Waals surface area contributed by atoms with Crippen LogP contribution in [-0.4, -0.2) is 16.8 Å². The normalized spacial score (nSPS) is 10.0. The third-order valence-electron chi connectivity index (χ3n) is 3.14. The minimum Gasteiger partial charge on any atom is -0.318 e. The molecule has 0 fully saturated rings. The number of amides is 2. The number of rotatable bonds is 5. The van der Waals surface area contributed by atoms with Crippen molar-refractivity contribution in [3.63, 3.8) is 0 Å². The highest BCUT2D eigenvalue weighted by molar-refractivity contribution is 6.43. The number of nitrogens with one attached hydrogen (secondary N) is 2. The number of pyridine rings is 1. The van der Waals surface area contributed by atoms with Gasteiger partial charge in [0.05, 0.1) is 0 Å². The maximum Gasteiger partial charge on any atom is 0.315 e. The van der Waals surface area contributed by atoms with Gasteiger partial charge in [0.15, 0.2) is 0 Å². The van der Waals surface area contributed by atoms with Crippen LogP contribution in [0.2, 0.25) is 0 Å². The molecule has 1 aromatic heterocycles. The lowest BCUT2D eigenvalue weighted by Gasteiger charge is -2.07. The van der Waals surface area contributed by atoms with Gasteiger partial charge in [0.1, 0.15) is 5.82 Å². The van der Waals surface area contributed by atoms with E-state index < -0.39 is 11.8 Å². The van der Waals surface area contributed by atoms with Gasteiger partial charge in [-0.3, -0.25) is 9.59 Å². The van der Waals surface area contributed by atoms with Crippen LogP contribution in [0.3, 0.4) is 0 Å². The SMILES string of the molecule is CCCCc1ccc(NC(=O)C(=O)Nc2ccccn2)cc1. The first-order chi connectivity index (χ1) is 10.7. The van der Waals surface area contributed by atoms with Gasteiger partial charge in [-0.2, -0.15) is 0 Å². The summed E-state index contributed by atoms with van der Waals surface area (Å²) < 4.78 is 0. The van der Waals surface area contributed by atoms with Crippen molar-refractivity contribution in [2.24, 2.45) is 0 Å². The highest BCUT2D eigenvalue weighted by Crippen LogP contribution is 2.12. The fourth-order valence-electron chi connectivity index (χ4n) is 1.93. The van der Waals surface area contributed by atoms with Gasteiger partial charge in [-0.25, -0.2) is 4.98 Å². The second-order valence-electron chi connectivity index (χ2n) is 4.92. The van der Waals surface area contributed by atoms with Crippen molar-refractivity contribution >= 4 is 23.3 Å². The van der Waals surface area contributed by atoms with Gasteiger partial charge >= 0.3 is 11.8 Å². The number of benzene rings is 1. The Hall–Kier alpha value is -2.69. The fraction of sp³-hybridized carbons (Fsp3) is 0.235. The molecule has 0 saturated carbocycles. The van der Waals surface area contributed by atoms with Gasteiger partial charge in [0.2, 0.25) is 0 Å². The first-order valence-corrected chi connectivity index (χ1v) is 7.31. The molecule has 2 rings (SSSR count). The van der Waals surface area contributed by atoms with Gasteiger partial charge in [-0.05, 0) is 42.7 Å². The number of carbonyl (C=O) groups excluding carboxylic acids is 2. The topological polar surface area (TPSA) is 71.1 Å². The summed E-state index contributed by atoms with van der Waals surface area (Å²) in [7, 11) is 0. The number of aromatic nitrogens is 1. The fourth-order valence-corrected chi connectivity index (χ4v) is 1.93. The van der Waals surface area contributed by atoms with E-state index in [1.807, 2.05) is 12.1 Å². The van der Waals surface area contributed by atoms with Crippen molar-refractivity contribution in [3.8, 4) is 0 Å². The monoisotopic (exact) mass is 297 g/mol. The molecule has 114 valence electrons. The van der Waals surface area contributed by atoms with Gasteiger partial charge in [0, 0.05) is 11.9 Å². The quantitative estimate of drug-likeness (QED) is 0.833. The van der Waals surface area contributed by atoms with E-state index >= 15 is 0 Å². The van der Waals surface area contributed by atoms with Crippen molar-refractivity contribution < 1.29 is 9.59 Å². The van der Waals surface area contributed by atoms with E-state index in [1.54, 1.807) is 36.5 Å². The van der Waals surface area contributed by atoms with Crippen molar-refractivity contribution in [2.45, 2.75) is 26.2 Å². The van der Waals surface area contributed by atoms with E-state index in [4.69, 9.17) is 0 Å². The van der Waals surface area contributed by atoms with Gasteiger partial charge in [0.25, 0.3) is 0 Å². The molecule has 1 aromatic carbocycles. The summed E-state index contributed by atoms with van der Waals surface area (Å²) >= 11 is 0. The summed E-state index contributed by atoms with van der Waals surface area (Å²) in [6, 6.07) is 12.6. The predicted octanol–water partition coefficient (Wildman–Crippen LogP) is 3.00. The Morgan fingerprint density at radius 1 is 1.00 bits per heavy atom. The van der Waals surface area contributed by atoms with Crippen LogP contribution in [0.1, 0.15) is 25.3 Å². The molecule has 0 aliphatic rings. The molecular formula is C17H19N3O2. The lowest BCUT2D eigenvalue weighted by Crippen LogP contribution is -2.29. The Bertz CT molecular complexity index is 624. The number of hydrogen-bond acceptors (Lipinski definition) is 3. The number of nitrogens with zero attached hydrogens (tertiary/aromatic N) is 1. The van der Waals surface area contributed by atoms with Crippen LogP contribution < -0.4 is 10.6 Å². The zero-order valence-electron chi connectivity index (χ0n) is 12.5. The molecule has 2 N–H and O–H groups in total. The largest absolute Gasteiger partial charge is 0.318 e. The standard InChI is InChI=1S/C17H19N3O2/c1-2-3-6-13-8-10-14(11-9-13)19-16(21)17(22)20-15-7-4-5-12-18-15/h4-5,7-12H,2-3,6H2,1H3,(H,19,21)(H,18,20,22). The van der Waals surface area contributed by atoms with E-state index in [0.717, 1.165) is 19.3 Å². The average molecular weight is 297 g/mol. The number of carbonyl (C=O) groups is 2. The molecule has 1 heterocycles. The van der Waals surface area contributed by atoms with Crippen LogP contribution in [0, 0.1) is 0 Å². The summed E-state index contributed by atoms with van der Waals surface area (Å²) in [6.07, 6.45) is 4.85. The highest BCUT2D eigenvalue weighted by Gasteiger charge is 2.14. The average Bonchev–Trinajstić information content (AvgIpc) is 2.55. The van der Waals surface area contributed by atoms with Crippen molar-refractivity contribution in [1.29, 1.82) is 0 Å². The van der Waals surface area contributed by atoms with Gasteiger partial charge in [-0.15, -0.1) is 0 Å². The summed E-state index contributed by atoms with van der Waals surface area (Å²) in [6.45, 7) is 2.15. The first-order valence-electron chi connectivity index (χ1n) is 7.31. The Labute approximate surface area is 129 Å². The third kappa shape index (κ3) is 4.70. The van der Waals surface area contributed by atoms with E-state index in [0.29, 0.717) is 11.5 Å². The maximum atomic E-state index is 11.8. The Morgan fingerprint density at radius 2 is 1.73 bits per heavy atom. The molecule has 0 radical (unpaired) electrons. The number of unbranched alkanes of at least 4 members (excludes halogenated alkanes) is 1. The van der Waals surface area contributed by atoms with Gasteiger partial charge < -0.3 is 10.6 Å². The maximum absolute atomic E-state index is 11.8. The number of aryl methyl sites for hydroxylation is 1. The highest BCUT2D eigenvalue weighted by atomic mass is 16.2. The molecule has 0 unspecified atom stereocenters. The summed E-state index contributed by atoms with van der Waals surface area (Å²) in [5, 5.41) is 5.01. The summed E-state index contributed by atoms with van der Waals surface area (Å²) in [5.41, 5.74) is 1.82. The minimum absolute atomic E-state index is 0.345. The molecule has 0 bridgehead atoms. The molecule has 0 atom stereocenters. The molecule has 0 aliphatic carbocycles. The second-order valence-corrected chi connectivity index (χ2v) is 4.92. The minimum atomic E-state index is -0.742. The molecule has 0 saturated heterocycles. The molecule has 5 heteroatoms. The van der Waals surface area contributed by atoms with Crippen LogP contribution in [0.4, 0.5) is 11.5 Å². The van der Waals surface area contributed by atoms with E-state index in [-0.39, 0.29) is 0 Å². The first kappa shape index (κ1) is 15.7. The zero-order valence-corrected chi connectivity index (χ0v) is 12.5. The lowest BCUT2D eigenvalue weighted by molar-refractivity contribution is -0.133. The second kappa shape index (κ2) is 7.93. The Balaban J connectivity index is 1.89. The smallest absolute Gasteiger partial charge is 0.315 e. The third-order valence-corrected chi connectivity index (χ3v) is 3.14. The van der Waals surface area contributed by atoms with Crippen LogP contribution in [0.15, 0.2) is 48.7 Å². The Kier molecular flexibility index (Phi) is 5.65. The van der Waals surface area contributed by atoms with Crippen molar-refractivity contribution in [3.05, 3.63) is 54.2 Å². The summed E-state index contributed by atoms with van der Waals surface area (Å²) in [4.78, 5) is 27.5. The van der Waals surface area contributed by atoms with E-state index in [1.165, 1.54) is 5.56 Å². The zero-order chi connectivity index (χ0) is 15.8. The van der Waals surface area contributed by atoms with Crippen LogP contribution >= 0.6 is 0 Å². The van der Waals surface area contributed by atoms with E-state index in [2.05, 4.69) is 22.5 Å². The summed E-state index contributed by atoms with van der Waals surface area (Å²) in [5.74, 6) is -1.11. The molecule has 2 amide bonds. The molecular weight excluding hydrogens is 278 g/mol. The van der Waals surface area contributed by atoms with Crippen LogP contribution in [0.25, 0.3) is 0 Å². The lowest BCUT2D eigenvalue weighted by atomic mass is 10.1. The van der Waals surface area contributed by atoms with Gasteiger partial charge in [-0.1, -0.05) is 31.5 Å². The molecule has 2 aromatic rings. The predicted molar refractivity (Wildman–Crippen MR) is 86.6 cm³/mol. The molecule has 0 spiro atoms. The number of hydrogen-bond donors (Lipinski definition) is 2. The Morgan fingerprint density at radius 3 is 2.36 bits per heavy atom. The van der Waals surface area contributed by atoms with Crippen molar-refractivity contribution in [1.82, 2.24) is 4.98 Å². The van der Waals surface area contributed by atoms with Crippen LogP contribution in [0.5, 0.6) is 0 Å². The number of anilines is 2. The van der Waals surface area contributed by atoms with Crippen LogP contribution in [-0.2, 0) is 16.0 Å². The van der Waals surface area contributed by atoms with Crippen molar-refractivity contribution in [2.75, 3.05) is 10.6 Å². The van der Waals surface area contributed by atoms with E-state index in [9.17, 15) is 9.59 Å². The molecule has 22 heavy (non-hydrogen) atoms.